The Labute approximate surface area is 109 Å². The lowest BCUT2D eigenvalue weighted by Gasteiger charge is -1.94. The van der Waals surface area contributed by atoms with Gasteiger partial charge < -0.3 is 0 Å². The Hall–Kier alpha value is -1.19. The minimum absolute atomic E-state index is 1.06. The lowest BCUT2D eigenvalue weighted by molar-refractivity contribution is -0.667. The Kier molecular flexibility index (Phi) is 2.73. The van der Waals surface area contributed by atoms with Crippen molar-refractivity contribution >= 4 is 32.2 Å². The molecule has 86 valence electrons. The predicted molar refractivity (Wildman–Crippen MR) is 75.7 cm³/mol. The molecule has 1 aromatic carbocycles. The molecule has 0 saturated carbocycles. The van der Waals surface area contributed by atoms with Crippen LogP contribution < -0.4 is 4.57 Å². The average molecular weight is 260 g/mol. The van der Waals surface area contributed by atoms with Crippen LogP contribution in [0.2, 0.25) is 0 Å². The molecule has 0 spiro atoms. The molecule has 17 heavy (non-hydrogen) atoms. The summed E-state index contributed by atoms with van der Waals surface area (Å²) in [5.41, 5.74) is 1.32. The number of hydrogen-bond acceptors (Lipinski definition) is 2. The molecule has 0 amide bonds. The quantitative estimate of drug-likeness (QED) is 0.607. The molecule has 0 bridgehead atoms. The third kappa shape index (κ3) is 1.79. The zero-order valence-corrected chi connectivity index (χ0v) is 11.6. The van der Waals surface area contributed by atoms with Crippen LogP contribution >= 0.6 is 22.7 Å². The molecule has 0 N–H and O–H groups in total. The number of fused-ring (bicyclic) bond motifs is 1. The molecule has 0 aliphatic heterocycles. The average Bonchev–Trinajstić information content (AvgIpc) is 2.86. The van der Waals surface area contributed by atoms with Crippen molar-refractivity contribution in [3.05, 3.63) is 41.4 Å². The van der Waals surface area contributed by atoms with Gasteiger partial charge in [0.05, 0.1) is 0 Å². The van der Waals surface area contributed by atoms with E-state index in [0.717, 1.165) is 6.54 Å². The highest BCUT2D eigenvalue weighted by Crippen LogP contribution is 2.35. The molecule has 0 radical (unpaired) electrons. The molecule has 0 unspecified atom stereocenters. The molecule has 2 aromatic heterocycles. The Bertz CT molecular complexity index is 649. The van der Waals surface area contributed by atoms with E-state index in [4.69, 9.17) is 0 Å². The first kappa shape index (κ1) is 10.9. The van der Waals surface area contributed by atoms with Gasteiger partial charge in [0.1, 0.15) is 11.2 Å². The number of thiophene rings is 1. The number of thiazole rings is 1. The first-order chi connectivity index (χ1) is 8.29. The molecule has 0 fully saturated rings. The highest BCUT2D eigenvalue weighted by molar-refractivity contribution is 7.28. The summed E-state index contributed by atoms with van der Waals surface area (Å²) in [5.74, 6) is 0. The fourth-order valence-electron chi connectivity index (χ4n) is 2.09. The first-order valence-electron chi connectivity index (χ1n) is 5.78. The predicted octanol–water partition coefficient (Wildman–Crippen LogP) is 4.25. The number of hydrogen-bond donors (Lipinski definition) is 0. The molecule has 0 aliphatic rings. The van der Waals surface area contributed by atoms with Crippen molar-refractivity contribution in [1.29, 1.82) is 0 Å². The molecular formula is C14H14NS2+. The van der Waals surface area contributed by atoms with Gasteiger partial charge in [0.25, 0.3) is 4.83 Å². The van der Waals surface area contributed by atoms with Gasteiger partial charge in [-0.15, -0.1) is 0 Å². The smallest absolute Gasteiger partial charge is 0.177 e. The maximum atomic E-state index is 2.40. The van der Waals surface area contributed by atoms with Gasteiger partial charge in [-0.1, -0.05) is 53.0 Å². The van der Waals surface area contributed by atoms with Crippen molar-refractivity contribution < 1.29 is 4.57 Å². The highest BCUT2D eigenvalue weighted by Gasteiger charge is 2.19. The van der Waals surface area contributed by atoms with Crippen molar-refractivity contribution in [2.75, 3.05) is 0 Å². The van der Waals surface area contributed by atoms with Crippen LogP contribution in [0, 0.1) is 6.92 Å². The standard InChI is InChI=1S/C14H14NS2/c1-3-15-10(2)16-13-9-12(17-14(13)15)11-7-5-4-6-8-11/h4-9H,3H2,1-2H3/q+1. The summed E-state index contributed by atoms with van der Waals surface area (Å²) < 4.78 is 3.81. The molecule has 0 atom stereocenters. The summed E-state index contributed by atoms with van der Waals surface area (Å²) in [6, 6.07) is 12.9. The number of rotatable bonds is 2. The summed E-state index contributed by atoms with van der Waals surface area (Å²) in [4.78, 5) is 2.78. The van der Waals surface area contributed by atoms with Gasteiger partial charge in [0.15, 0.2) is 0 Å². The Morgan fingerprint density at radius 1 is 1.12 bits per heavy atom. The van der Waals surface area contributed by atoms with Crippen molar-refractivity contribution in [3.8, 4) is 10.4 Å². The van der Waals surface area contributed by atoms with Crippen LogP contribution in [0.25, 0.3) is 20.0 Å². The normalized spacial score (nSPS) is 11.2. The summed E-state index contributed by atoms with van der Waals surface area (Å²) >= 11 is 3.79. The van der Waals surface area contributed by atoms with E-state index in [0.29, 0.717) is 0 Å². The lowest BCUT2D eigenvalue weighted by Crippen LogP contribution is -2.32. The molecule has 0 saturated heterocycles. The van der Waals surface area contributed by atoms with Gasteiger partial charge in [-0.3, -0.25) is 0 Å². The van der Waals surface area contributed by atoms with Crippen molar-refractivity contribution in [3.63, 3.8) is 0 Å². The molecule has 3 heteroatoms. The van der Waals surface area contributed by atoms with Gasteiger partial charge in [-0.05, 0) is 18.6 Å². The second kappa shape index (κ2) is 4.24. The maximum absolute atomic E-state index is 2.40. The van der Waals surface area contributed by atoms with Gasteiger partial charge in [0, 0.05) is 11.8 Å². The lowest BCUT2D eigenvalue weighted by atomic mass is 10.2. The van der Waals surface area contributed by atoms with E-state index in [1.165, 1.54) is 25.0 Å². The van der Waals surface area contributed by atoms with Crippen LogP contribution in [0.5, 0.6) is 0 Å². The topological polar surface area (TPSA) is 3.88 Å². The summed E-state index contributed by atoms with van der Waals surface area (Å²) in [6.45, 7) is 5.46. The van der Waals surface area contributed by atoms with Crippen molar-refractivity contribution in [2.24, 2.45) is 0 Å². The second-order valence-electron chi connectivity index (χ2n) is 4.01. The van der Waals surface area contributed by atoms with Crippen LogP contribution in [-0.2, 0) is 6.54 Å². The van der Waals surface area contributed by atoms with E-state index in [-0.39, 0.29) is 0 Å². The first-order valence-corrected chi connectivity index (χ1v) is 7.41. The van der Waals surface area contributed by atoms with E-state index in [1.54, 1.807) is 0 Å². The molecule has 3 rings (SSSR count). The van der Waals surface area contributed by atoms with Gasteiger partial charge >= 0.3 is 0 Å². The minimum atomic E-state index is 1.06. The van der Waals surface area contributed by atoms with E-state index >= 15 is 0 Å². The van der Waals surface area contributed by atoms with E-state index in [1.807, 2.05) is 22.7 Å². The minimum Gasteiger partial charge on any atom is -0.177 e. The van der Waals surface area contributed by atoms with Gasteiger partial charge in [-0.2, -0.15) is 4.57 Å². The van der Waals surface area contributed by atoms with Crippen LogP contribution in [0.3, 0.4) is 0 Å². The van der Waals surface area contributed by atoms with Crippen molar-refractivity contribution in [1.82, 2.24) is 0 Å². The zero-order valence-electron chi connectivity index (χ0n) is 9.93. The summed E-state index contributed by atoms with van der Waals surface area (Å²) in [7, 11) is 0. The molecule has 2 heterocycles. The molecule has 1 nitrogen and oxygen atoms in total. The molecule has 3 aromatic rings. The maximum Gasteiger partial charge on any atom is 0.280 e. The third-order valence-electron chi connectivity index (χ3n) is 2.94. The zero-order chi connectivity index (χ0) is 11.8. The van der Waals surface area contributed by atoms with Crippen LogP contribution in [0.15, 0.2) is 36.4 Å². The Morgan fingerprint density at radius 2 is 1.88 bits per heavy atom. The van der Waals surface area contributed by atoms with Gasteiger partial charge in [-0.25, -0.2) is 0 Å². The largest absolute Gasteiger partial charge is 0.280 e. The summed E-state index contributed by atoms with van der Waals surface area (Å²) in [6.07, 6.45) is 0. The fraction of sp³-hybridized carbons (Fsp3) is 0.214. The number of aromatic nitrogens is 1. The van der Waals surface area contributed by atoms with E-state index < -0.39 is 0 Å². The third-order valence-corrected chi connectivity index (χ3v) is 5.32. The fourth-order valence-corrected chi connectivity index (χ4v) is 4.67. The Morgan fingerprint density at radius 3 is 2.59 bits per heavy atom. The molecular weight excluding hydrogens is 246 g/mol. The SMILES string of the molecule is CC[n+]1c(C)sc2cc(-c3ccccc3)sc21. The number of nitrogens with zero attached hydrogens (tertiary/aromatic N) is 1. The highest BCUT2D eigenvalue weighted by atomic mass is 32.1. The monoisotopic (exact) mass is 260 g/mol. The van der Waals surface area contributed by atoms with Crippen molar-refractivity contribution in [2.45, 2.75) is 20.4 Å². The van der Waals surface area contributed by atoms with Crippen LogP contribution in [0.4, 0.5) is 0 Å². The second-order valence-corrected chi connectivity index (χ2v) is 6.28. The Balaban J connectivity index is 2.18. The number of benzene rings is 1. The molecule has 0 aliphatic carbocycles. The van der Waals surface area contributed by atoms with E-state index in [2.05, 4.69) is 54.8 Å². The number of aryl methyl sites for hydroxylation is 2. The summed E-state index contributed by atoms with van der Waals surface area (Å²) in [5, 5.41) is 1.40. The van der Waals surface area contributed by atoms with E-state index in [9.17, 15) is 0 Å². The van der Waals surface area contributed by atoms with Crippen LogP contribution in [0.1, 0.15) is 11.9 Å². The van der Waals surface area contributed by atoms with Gasteiger partial charge in [0.2, 0.25) is 5.01 Å². The van der Waals surface area contributed by atoms with Crippen LogP contribution in [-0.4, -0.2) is 0 Å².